The molecule has 1 amide bonds. The molecule has 90 valence electrons. The van der Waals surface area contributed by atoms with Crippen molar-refractivity contribution in [3.05, 3.63) is 0 Å². The summed E-state index contributed by atoms with van der Waals surface area (Å²) in [4.78, 5) is 11.7. The van der Waals surface area contributed by atoms with Crippen molar-refractivity contribution in [2.24, 2.45) is 0 Å². The van der Waals surface area contributed by atoms with E-state index in [1.165, 1.54) is 0 Å². The number of amides is 1. The molecule has 0 rings (SSSR count). The first kappa shape index (κ1) is 14.4. The van der Waals surface area contributed by atoms with Gasteiger partial charge in [0.15, 0.2) is 0 Å². The molecule has 0 aliphatic rings. The molecule has 0 saturated carbocycles. The Hall–Kier alpha value is -0.570. The fourth-order valence-corrected chi connectivity index (χ4v) is 1.41. The number of rotatable bonds is 8. The Kier molecular flexibility index (Phi) is 8.38. The molecule has 0 bridgehead atoms. The van der Waals surface area contributed by atoms with Gasteiger partial charge in [-0.2, -0.15) is 0 Å². The minimum Gasteiger partial charge on any atom is -0.352 e. The number of hydrogen-bond acceptors (Lipinski definition) is 2. The third-order valence-electron chi connectivity index (χ3n) is 2.71. The lowest BCUT2D eigenvalue weighted by Gasteiger charge is -2.19. The summed E-state index contributed by atoms with van der Waals surface area (Å²) in [6.45, 7) is 9.20. The molecule has 0 aliphatic heterocycles. The van der Waals surface area contributed by atoms with Gasteiger partial charge < -0.3 is 10.6 Å². The number of carbonyl (C=O) groups is 1. The predicted octanol–water partition coefficient (Wildman–Crippen LogP) is 2.07. The largest absolute Gasteiger partial charge is 0.352 e. The van der Waals surface area contributed by atoms with Crippen LogP contribution in [0.4, 0.5) is 0 Å². The first-order valence-electron chi connectivity index (χ1n) is 6.19. The molecule has 0 heterocycles. The van der Waals surface area contributed by atoms with Crippen molar-refractivity contribution in [1.29, 1.82) is 0 Å². The molecule has 1 unspecified atom stereocenters. The van der Waals surface area contributed by atoms with E-state index in [1.54, 1.807) is 0 Å². The lowest BCUT2D eigenvalue weighted by atomic mass is 10.1. The molecule has 15 heavy (non-hydrogen) atoms. The molecule has 3 nitrogen and oxygen atoms in total. The Labute approximate surface area is 94.0 Å². The van der Waals surface area contributed by atoms with Crippen molar-refractivity contribution < 1.29 is 4.79 Å². The zero-order valence-electron chi connectivity index (χ0n) is 10.6. The molecule has 0 fully saturated rings. The molecule has 0 spiro atoms. The van der Waals surface area contributed by atoms with Gasteiger partial charge in [-0.3, -0.25) is 4.79 Å². The number of carbonyl (C=O) groups excluding carboxylic acids is 1. The molecule has 1 atom stereocenters. The molecule has 0 saturated heterocycles. The Balaban J connectivity index is 3.77. The van der Waals surface area contributed by atoms with Crippen molar-refractivity contribution in [2.45, 2.75) is 65.5 Å². The van der Waals surface area contributed by atoms with Crippen LogP contribution in [0.2, 0.25) is 0 Å². The Bertz CT molecular complexity index is 167. The second-order valence-corrected chi connectivity index (χ2v) is 4.05. The van der Waals surface area contributed by atoms with Crippen molar-refractivity contribution in [2.75, 3.05) is 6.54 Å². The first-order valence-corrected chi connectivity index (χ1v) is 6.19. The molecular formula is C12H26N2O. The second-order valence-electron chi connectivity index (χ2n) is 4.05. The summed E-state index contributed by atoms with van der Waals surface area (Å²) >= 11 is 0. The summed E-state index contributed by atoms with van der Waals surface area (Å²) in [6, 6.07) is 0.255. The fraction of sp³-hybridized carbons (Fsp3) is 0.917. The van der Waals surface area contributed by atoms with E-state index >= 15 is 0 Å². The highest BCUT2D eigenvalue weighted by Gasteiger charge is 2.14. The lowest BCUT2D eigenvalue weighted by molar-refractivity contribution is -0.123. The van der Waals surface area contributed by atoms with E-state index in [1.807, 2.05) is 6.92 Å². The monoisotopic (exact) mass is 214 g/mol. The van der Waals surface area contributed by atoms with Gasteiger partial charge in [0.2, 0.25) is 5.91 Å². The maximum Gasteiger partial charge on any atom is 0.237 e. The van der Waals surface area contributed by atoms with Crippen LogP contribution in [0.5, 0.6) is 0 Å². The third kappa shape index (κ3) is 6.50. The zero-order chi connectivity index (χ0) is 11.7. The maximum atomic E-state index is 11.7. The second kappa shape index (κ2) is 8.72. The molecule has 3 heteroatoms. The van der Waals surface area contributed by atoms with Crippen molar-refractivity contribution in [1.82, 2.24) is 10.6 Å². The van der Waals surface area contributed by atoms with Crippen molar-refractivity contribution in [3.63, 3.8) is 0 Å². The summed E-state index contributed by atoms with van der Waals surface area (Å²) in [6.07, 6.45) is 4.30. The molecule has 0 radical (unpaired) electrons. The lowest BCUT2D eigenvalue weighted by Crippen LogP contribution is -2.46. The van der Waals surface area contributed by atoms with E-state index < -0.39 is 0 Å². The average Bonchev–Trinajstić information content (AvgIpc) is 2.25. The summed E-state index contributed by atoms with van der Waals surface area (Å²) in [5.74, 6) is 0.125. The topological polar surface area (TPSA) is 41.1 Å². The molecule has 0 aromatic heterocycles. The van der Waals surface area contributed by atoms with Gasteiger partial charge in [0.25, 0.3) is 0 Å². The molecular weight excluding hydrogens is 188 g/mol. The average molecular weight is 214 g/mol. The summed E-state index contributed by atoms with van der Waals surface area (Å²) in [5.41, 5.74) is 0. The zero-order valence-corrected chi connectivity index (χ0v) is 10.6. The van der Waals surface area contributed by atoms with E-state index in [0.29, 0.717) is 6.04 Å². The van der Waals surface area contributed by atoms with Gasteiger partial charge in [-0.1, -0.05) is 27.2 Å². The maximum absolute atomic E-state index is 11.7. The van der Waals surface area contributed by atoms with Crippen LogP contribution in [-0.4, -0.2) is 24.5 Å². The molecule has 0 aromatic carbocycles. The van der Waals surface area contributed by atoms with Crippen LogP contribution >= 0.6 is 0 Å². The van der Waals surface area contributed by atoms with Gasteiger partial charge in [-0.15, -0.1) is 0 Å². The van der Waals surface area contributed by atoms with E-state index in [0.717, 1.165) is 32.2 Å². The normalized spacial score (nSPS) is 12.9. The summed E-state index contributed by atoms with van der Waals surface area (Å²) in [5, 5.41) is 6.27. The predicted molar refractivity (Wildman–Crippen MR) is 64.9 cm³/mol. The Morgan fingerprint density at radius 2 is 1.80 bits per heavy atom. The third-order valence-corrected chi connectivity index (χ3v) is 2.71. The first-order chi connectivity index (χ1) is 7.15. The molecule has 0 aliphatic carbocycles. The smallest absolute Gasteiger partial charge is 0.237 e. The van der Waals surface area contributed by atoms with E-state index in [4.69, 9.17) is 0 Å². The van der Waals surface area contributed by atoms with Crippen LogP contribution in [-0.2, 0) is 4.79 Å². The minimum atomic E-state index is -0.0721. The van der Waals surface area contributed by atoms with Gasteiger partial charge >= 0.3 is 0 Å². The number of unbranched alkanes of at least 4 members (excludes halogenated alkanes) is 1. The fourth-order valence-electron chi connectivity index (χ4n) is 1.41. The summed E-state index contributed by atoms with van der Waals surface area (Å²) < 4.78 is 0. The van der Waals surface area contributed by atoms with E-state index in [2.05, 4.69) is 31.4 Å². The number of hydrogen-bond donors (Lipinski definition) is 2. The van der Waals surface area contributed by atoms with Crippen LogP contribution < -0.4 is 10.6 Å². The standard InChI is InChI=1S/C12H26N2O/c1-5-8-9-13-10(4)12(15)14-11(6-2)7-3/h10-11,13H,5-9H2,1-4H3,(H,14,15). The van der Waals surface area contributed by atoms with Crippen molar-refractivity contribution >= 4 is 5.91 Å². The molecule has 2 N–H and O–H groups in total. The Morgan fingerprint density at radius 1 is 1.20 bits per heavy atom. The van der Waals surface area contributed by atoms with Crippen molar-refractivity contribution in [3.8, 4) is 0 Å². The molecule has 0 aromatic rings. The van der Waals surface area contributed by atoms with Gasteiger partial charge in [0, 0.05) is 6.04 Å². The Morgan fingerprint density at radius 3 is 2.27 bits per heavy atom. The van der Waals surface area contributed by atoms with Gasteiger partial charge in [0.1, 0.15) is 0 Å². The SMILES string of the molecule is CCCCNC(C)C(=O)NC(CC)CC. The minimum absolute atomic E-state index is 0.0721. The van der Waals surface area contributed by atoms with Crippen LogP contribution in [0.1, 0.15) is 53.4 Å². The quantitative estimate of drug-likeness (QED) is 0.607. The van der Waals surface area contributed by atoms with Crippen LogP contribution in [0.25, 0.3) is 0 Å². The summed E-state index contributed by atoms with van der Waals surface area (Å²) in [7, 11) is 0. The van der Waals surface area contributed by atoms with Crippen LogP contribution in [0.15, 0.2) is 0 Å². The van der Waals surface area contributed by atoms with E-state index in [9.17, 15) is 4.79 Å². The van der Waals surface area contributed by atoms with Crippen LogP contribution in [0.3, 0.4) is 0 Å². The highest BCUT2D eigenvalue weighted by Crippen LogP contribution is 1.97. The van der Waals surface area contributed by atoms with Crippen LogP contribution in [0, 0.1) is 0 Å². The highest BCUT2D eigenvalue weighted by molar-refractivity contribution is 5.81. The number of nitrogens with one attached hydrogen (secondary N) is 2. The van der Waals surface area contributed by atoms with Gasteiger partial charge in [0.05, 0.1) is 6.04 Å². The van der Waals surface area contributed by atoms with Gasteiger partial charge in [-0.25, -0.2) is 0 Å². The van der Waals surface area contributed by atoms with Gasteiger partial charge in [-0.05, 0) is 32.7 Å². The van der Waals surface area contributed by atoms with E-state index in [-0.39, 0.29) is 11.9 Å². The highest BCUT2D eigenvalue weighted by atomic mass is 16.2.